The molecule has 0 amide bonds. The van der Waals surface area contributed by atoms with Gasteiger partial charge in [-0.15, -0.1) is 0 Å². The molecule has 1 aliphatic rings. The topological polar surface area (TPSA) is 31.2 Å². The maximum absolute atomic E-state index is 11.5. The summed E-state index contributed by atoms with van der Waals surface area (Å²) < 4.78 is 6.97. The van der Waals surface area contributed by atoms with Crippen molar-refractivity contribution in [2.45, 2.75) is 32.7 Å². The van der Waals surface area contributed by atoms with E-state index in [1.165, 1.54) is 20.0 Å². The van der Waals surface area contributed by atoms with E-state index in [4.69, 9.17) is 4.74 Å². The summed E-state index contributed by atoms with van der Waals surface area (Å²) in [6.07, 6.45) is 5.44. The van der Waals surface area contributed by atoms with Gasteiger partial charge in [0.15, 0.2) is 0 Å². The van der Waals surface area contributed by atoms with Crippen LogP contribution in [0.25, 0.3) is 0 Å². The molecule has 14 heavy (non-hydrogen) atoms. The Bertz CT molecular complexity index is 366. The average molecular weight is 193 g/mol. The van der Waals surface area contributed by atoms with Crippen LogP contribution < -0.4 is 0 Å². The van der Waals surface area contributed by atoms with Crippen molar-refractivity contribution < 1.29 is 9.53 Å². The van der Waals surface area contributed by atoms with Crippen LogP contribution in [-0.2, 0) is 17.7 Å². The van der Waals surface area contributed by atoms with Crippen LogP contribution in [0.3, 0.4) is 0 Å². The molecule has 0 unspecified atom stereocenters. The largest absolute Gasteiger partial charge is 0.465 e. The zero-order chi connectivity index (χ0) is 10.1. The Morgan fingerprint density at radius 3 is 3.00 bits per heavy atom. The highest BCUT2D eigenvalue weighted by atomic mass is 16.5. The van der Waals surface area contributed by atoms with E-state index in [-0.39, 0.29) is 5.97 Å². The van der Waals surface area contributed by atoms with Crippen LogP contribution in [0.5, 0.6) is 0 Å². The average Bonchev–Trinajstić information content (AvgIpc) is 2.53. The summed E-state index contributed by atoms with van der Waals surface area (Å²) in [6.45, 7) is 3.00. The van der Waals surface area contributed by atoms with E-state index in [0.717, 1.165) is 29.8 Å². The van der Waals surface area contributed by atoms with Crippen molar-refractivity contribution in [3.05, 3.63) is 23.0 Å². The van der Waals surface area contributed by atoms with Crippen LogP contribution in [0.2, 0.25) is 0 Å². The van der Waals surface area contributed by atoms with Crippen molar-refractivity contribution in [2.24, 2.45) is 0 Å². The lowest BCUT2D eigenvalue weighted by Gasteiger charge is -2.15. The summed E-state index contributed by atoms with van der Waals surface area (Å²) in [5.74, 6) is -0.196. The lowest BCUT2D eigenvalue weighted by Crippen LogP contribution is -2.13. The number of ether oxygens (including phenoxy) is 1. The fraction of sp³-hybridized carbons (Fsp3) is 0.545. The van der Waals surface area contributed by atoms with Crippen molar-refractivity contribution in [1.29, 1.82) is 0 Å². The van der Waals surface area contributed by atoms with Gasteiger partial charge in [-0.25, -0.2) is 4.79 Å². The smallest absolute Gasteiger partial charge is 0.339 e. The number of aromatic nitrogens is 1. The molecule has 2 rings (SSSR count). The number of hydrogen-bond donors (Lipinski definition) is 0. The fourth-order valence-corrected chi connectivity index (χ4v) is 2.17. The summed E-state index contributed by atoms with van der Waals surface area (Å²) in [6, 6.07) is 0. The molecule has 76 valence electrons. The molecule has 0 aromatic carbocycles. The minimum Gasteiger partial charge on any atom is -0.465 e. The van der Waals surface area contributed by atoms with E-state index in [9.17, 15) is 4.79 Å². The second-order valence-corrected chi connectivity index (χ2v) is 3.78. The van der Waals surface area contributed by atoms with Crippen LogP contribution in [0.4, 0.5) is 0 Å². The zero-order valence-electron chi connectivity index (χ0n) is 8.67. The van der Waals surface area contributed by atoms with Crippen LogP contribution in [0.15, 0.2) is 6.20 Å². The van der Waals surface area contributed by atoms with E-state index in [1.54, 1.807) is 0 Å². The first kappa shape index (κ1) is 9.31. The highest BCUT2D eigenvalue weighted by Crippen LogP contribution is 2.24. The molecule has 0 N–H and O–H groups in total. The van der Waals surface area contributed by atoms with E-state index in [0.29, 0.717) is 0 Å². The number of nitrogens with zero attached hydrogens (tertiary/aromatic N) is 1. The van der Waals surface area contributed by atoms with Gasteiger partial charge in [-0.1, -0.05) is 0 Å². The molecule has 0 aliphatic carbocycles. The second kappa shape index (κ2) is 3.48. The van der Waals surface area contributed by atoms with Gasteiger partial charge in [0.25, 0.3) is 0 Å². The Labute approximate surface area is 83.7 Å². The van der Waals surface area contributed by atoms with Crippen molar-refractivity contribution in [3.63, 3.8) is 0 Å². The van der Waals surface area contributed by atoms with Crippen molar-refractivity contribution >= 4 is 5.97 Å². The third-order valence-electron chi connectivity index (χ3n) is 2.83. The lowest BCUT2D eigenvalue weighted by molar-refractivity contribution is 0.0598. The standard InChI is InChI=1S/C11H15NO2/c1-8-7-12-6-4-3-5-9(12)10(8)11(13)14-2/h7H,3-6H2,1-2H3. The number of carbonyl (C=O) groups excluding carboxylic acids is 1. The second-order valence-electron chi connectivity index (χ2n) is 3.78. The molecule has 3 heteroatoms. The Balaban J connectivity index is 2.47. The van der Waals surface area contributed by atoms with Gasteiger partial charge in [0, 0.05) is 18.4 Å². The number of hydrogen-bond acceptors (Lipinski definition) is 2. The summed E-state index contributed by atoms with van der Waals surface area (Å²) in [5, 5.41) is 0. The Kier molecular flexibility index (Phi) is 2.32. The van der Waals surface area contributed by atoms with Crippen LogP contribution in [0.1, 0.15) is 34.5 Å². The predicted molar refractivity (Wildman–Crippen MR) is 53.4 cm³/mol. The minimum absolute atomic E-state index is 0.196. The van der Waals surface area contributed by atoms with Crippen molar-refractivity contribution in [1.82, 2.24) is 4.57 Å². The third-order valence-corrected chi connectivity index (χ3v) is 2.83. The molecule has 0 radical (unpaired) electrons. The predicted octanol–water partition coefficient (Wildman–Crippen LogP) is 1.92. The summed E-state index contributed by atoms with van der Waals surface area (Å²) in [4.78, 5) is 11.5. The zero-order valence-corrected chi connectivity index (χ0v) is 8.67. The molecular weight excluding hydrogens is 178 g/mol. The number of carbonyl (C=O) groups is 1. The lowest BCUT2D eigenvalue weighted by atomic mass is 10.1. The Morgan fingerprint density at radius 2 is 2.29 bits per heavy atom. The van der Waals surface area contributed by atoms with Gasteiger partial charge in [-0.3, -0.25) is 0 Å². The molecule has 1 aliphatic heterocycles. The number of fused-ring (bicyclic) bond motifs is 1. The maximum Gasteiger partial charge on any atom is 0.339 e. The van der Waals surface area contributed by atoms with Crippen LogP contribution >= 0.6 is 0 Å². The first-order chi connectivity index (χ1) is 6.74. The monoisotopic (exact) mass is 193 g/mol. The fourth-order valence-electron chi connectivity index (χ4n) is 2.17. The SMILES string of the molecule is COC(=O)c1c(C)cn2c1CCCC2. The molecule has 0 fully saturated rings. The van der Waals surface area contributed by atoms with E-state index < -0.39 is 0 Å². The minimum atomic E-state index is -0.196. The molecule has 0 bridgehead atoms. The molecule has 1 aromatic heterocycles. The number of esters is 1. The van der Waals surface area contributed by atoms with Gasteiger partial charge in [0.05, 0.1) is 12.7 Å². The normalized spacial score (nSPS) is 15.0. The van der Waals surface area contributed by atoms with E-state index >= 15 is 0 Å². The van der Waals surface area contributed by atoms with Gasteiger partial charge in [-0.05, 0) is 31.7 Å². The van der Waals surface area contributed by atoms with Gasteiger partial charge in [0.1, 0.15) is 0 Å². The van der Waals surface area contributed by atoms with E-state index in [2.05, 4.69) is 10.8 Å². The van der Waals surface area contributed by atoms with E-state index in [1.807, 2.05) is 6.92 Å². The first-order valence-electron chi connectivity index (χ1n) is 5.01. The summed E-state index contributed by atoms with van der Waals surface area (Å²) in [5.41, 5.74) is 2.97. The quantitative estimate of drug-likeness (QED) is 0.638. The molecule has 0 spiro atoms. The van der Waals surface area contributed by atoms with Crippen LogP contribution in [-0.4, -0.2) is 17.6 Å². The molecule has 0 saturated carbocycles. The van der Waals surface area contributed by atoms with Crippen molar-refractivity contribution in [2.75, 3.05) is 7.11 Å². The number of rotatable bonds is 1. The van der Waals surface area contributed by atoms with Gasteiger partial charge < -0.3 is 9.30 Å². The Hall–Kier alpha value is -1.25. The first-order valence-corrected chi connectivity index (χ1v) is 5.01. The molecule has 0 saturated heterocycles. The summed E-state index contributed by atoms with van der Waals surface area (Å²) >= 11 is 0. The van der Waals surface area contributed by atoms with Gasteiger partial charge >= 0.3 is 5.97 Å². The molecule has 0 atom stereocenters. The molecule has 2 heterocycles. The highest BCUT2D eigenvalue weighted by molar-refractivity contribution is 5.92. The maximum atomic E-state index is 11.5. The summed E-state index contributed by atoms with van der Waals surface area (Å²) in [7, 11) is 1.44. The van der Waals surface area contributed by atoms with Gasteiger partial charge in [0.2, 0.25) is 0 Å². The number of methoxy groups -OCH3 is 1. The molecular formula is C11H15NO2. The van der Waals surface area contributed by atoms with Gasteiger partial charge in [-0.2, -0.15) is 0 Å². The Morgan fingerprint density at radius 1 is 1.50 bits per heavy atom. The third kappa shape index (κ3) is 1.33. The number of aryl methyl sites for hydroxylation is 2. The van der Waals surface area contributed by atoms with Crippen LogP contribution in [0, 0.1) is 6.92 Å². The molecule has 1 aromatic rings. The van der Waals surface area contributed by atoms with Crippen molar-refractivity contribution in [3.8, 4) is 0 Å². The highest BCUT2D eigenvalue weighted by Gasteiger charge is 2.21. The molecule has 3 nitrogen and oxygen atoms in total.